The summed E-state index contributed by atoms with van der Waals surface area (Å²) in [7, 11) is 3.28. The number of ether oxygens (including phenoxy) is 2. The number of thioether (sulfide) groups is 1. The van der Waals surface area contributed by atoms with Crippen molar-refractivity contribution in [3.63, 3.8) is 0 Å². The van der Waals surface area contributed by atoms with Crippen LogP contribution in [0.5, 0.6) is 11.5 Å². The highest BCUT2D eigenvalue weighted by atomic mass is 79.9. The molecule has 0 saturated heterocycles. The summed E-state index contributed by atoms with van der Waals surface area (Å²) in [6, 6.07) is 1.90. The first-order valence-electron chi connectivity index (χ1n) is 5.81. The van der Waals surface area contributed by atoms with Crippen LogP contribution in [0.2, 0.25) is 0 Å². The predicted octanol–water partition coefficient (Wildman–Crippen LogP) is 3.53. The average Bonchev–Trinajstić information content (AvgIpc) is 2.48. The average molecular weight is 333 g/mol. The predicted molar refractivity (Wildman–Crippen MR) is 77.6 cm³/mol. The molecule has 0 amide bonds. The van der Waals surface area contributed by atoms with Crippen LogP contribution in [0.3, 0.4) is 0 Å². The van der Waals surface area contributed by atoms with Gasteiger partial charge < -0.3 is 14.6 Å². The second-order valence-corrected chi connectivity index (χ2v) is 6.64. The van der Waals surface area contributed by atoms with Crippen molar-refractivity contribution >= 4 is 27.7 Å². The molecular weight excluding hydrogens is 316 g/mol. The molecule has 2 atom stereocenters. The van der Waals surface area contributed by atoms with E-state index >= 15 is 0 Å². The summed E-state index contributed by atoms with van der Waals surface area (Å²) in [4.78, 5) is 0. The molecule has 0 aliphatic carbocycles. The minimum absolute atomic E-state index is 0.417. The van der Waals surface area contributed by atoms with Crippen LogP contribution >= 0.6 is 27.7 Å². The van der Waals surface area contributed by atoms with E-state index in [0.717, 1.165) is 33.5 Å². The van der Waals surface area contributed by atoms with Crippen molar-refractivity contribution in [2.45, 2.75) is 30.5 Å². The Morgan fingerprint density at radius 3 is 2.72 bits per heavy atom. The number of fused-ring (bicyclic) bond motifs is 1. The van der Waals surface area contributed by atoms with Crippen LogP contribution in [-0.4, -0.2) is 24.6 Å². The minimum atomic E-state index is -0.508. The smallest absolute Gasteiger partial charge is 0.139 e. The Balaban J connectivity index is 2.63. The van der Waals surface area contributed by atoms with Gasteiger partial charge in [-0.2, -0.15) is 11.8 Å². The molecule has 1 aliphatic heterocycles. The van der Waals surface area contributed by atoms with Gasteiger partial charge in [-0.3, -0.25) is 0 Å². The number of rotatable bonds is 2. The second kappa shape index (κ2) is 5.72. The minimum Gasteiger partial charge on any atom is -0.496 e. The maximum absolute atomic E-state index is 10.4. The molecule has 0 bridgehead atoms. The van der Waals surface area contributed by atoms with E-state index < -0.39 is 6.10 Å². The number of aliphatic hydroxyl groups is 1. The molecule has 5 heteroatoms. The molecule has 1 heterocycles. The Kier molecular flexibility index (Phi) is 4.45. The zero-order valence-electron chi connectivity index (χ0n) is 10.7. The molecule has 0 radical (unpaired) electrons. The maximum Gasteiger partial charge on any atom is 0.139 e. The molecule has 1 aromatic rings. The molecule has 0 spiro atoms. The van der Waals surface area contributed by atoms with Crippen molar-refractivity contribution in [3.8, 4) is 11.5 Å². The lowest BCUT2D eigenvalue weighted by Gasteiger charge is -2.19. The molecule has 1 aliphatic rings. The van der Waals surface area contributed by atoms with Crippen LogP contribution in [0, 0.1) is 0 Å². The molecule has 100 valence electrons. The zero-order chi connectivity index (χ0) is 13.3. The van der Waals surface area contributed by atoms with Gasteiger partial charge in [-0.1, -0.05) is 6.92 Å². The summed E-state index contributed by atoms with van der Waals surface area (Å²) < 4.78 is 11.7. The molecule has 1 N–H and O–H groups in total. The molecule has 0 aromatic heterocycles. The molecule has 2 rings (SSSR count). The van der Waals surface area contributed by atoms with Crippen LogP contribution in [0.4, 0.5) is 0 Å². The van der Waals surface area contributed by atoms with Gasteiger partial charge in [0, 0.05) is 22.1 Å². The molecule has 3 nitrogen and oxygen atoms in total. The molecule has 0 fully saturated rings. The summed E-state index contributed by atoms with van der Waals surface area (Å²) >= 11 is 5.30. The van der Waals surface area contributed by atoms with Crippen molar-refractivity contribution in [1.82, 2.24) is 0 Å². The van der Waals surface area contributed by atoms with Gasteiger partial charge in [0.05, 0.1) is 24.8 Å². The van der Waals surface area contributed by atoms with E-state index in [1.54, 1.807) is 14.2 Å². The summed E-state index contributed by atoms with van der Waals surface area (Å²) in [5.74, 6) is 2.35. The van der Waals surface area contributed by atoms with Gasteiger partial charge >= 0.3 is 0 Å². The summed E-state index contributed by atoms with van der Waals surface area (Å²) in [5, 5.41) is 10.8. The lowest BCUT2D eigenvalue weighted by molar-refractivity contribution is 0.163. The molecule has 2 unspecified atom stereocenters. The van der Waals surface area contributed by atoms with E-state index in [1.807, 2.05) is 17.8 Å². The number of hydrogen-bond acceptors (Lipinski definition) is 4. The fourth-order valence-corrected chi connectivity index (χ4v) is 3.93. The van der Waals surface area contributed by atoms with E-state index in [0.29, 0.717) is 11.0 Å². The maximum atomic E-state index is 10.4. The van der Waals surface area contributed by atoms with Crippen molar-refractivity contribution in [2.75, 3.05) is 14.2 Å². The first-order valence-corrected chi connectivity index (χ1v) is 7.65. The zero-order valence-corrected chi connectivity index (χ0v) is 13.1. The first kappa shape index (κ1) is 14.0. The molecular formula is C13H17BrO3S. The fourth-order valence-electron chi connectivity index (χ4n) is 2.28. The molecule has 0 saturated carbocycles. The fraction of sp³-hybridized carbons (Fsp3) is 0.538. The van der Waals surface area contributed by atoms with E-state index in [9.17, 15) is 5.11 Å². The number of benzene rings is 1. The largest absolute Gasteiger partial charge is 0.496 e. The van der Waals surface area contributed by atoms with Gasteiger partial charge in [0.1, 0.15) is 11.5 Å². The molecule has 1 aromatic carbocycles. The summed E-state index contributed by atoms with van der Waals surface area (Å²) in [6.45, 7) is 2.13. The monoisotopic (exact) mass is 332 g/mol. The van der Waals surface area contributed by atoms with E-state index in [4.69, 9.17) is 9.47 Å². The quantitative estimate of drug-likeness (QED) is 0.899. The Morgan fingerprint density at radius 1 is 1.39 bits per heavy atom. The SMILES string of the molecule is COc1cc(Br)c(OC)c2c1CSC(C)CC2O. The summed E-state index contributed by atoms with van der Waals surface area (Å²) in [5.41, 5.74) is 1.90. The summed E-state index contributed by atoms with van der Waals surface area (Å²) in [6.07, 6.45) is 0.222. The van der Waals surface area contributed by atoms with Gasteiger partial charge in [-0.05, 0) is 28.4 Å². The number of aliphatic hydroxyl groups excluding tert-OH is 1. The highest BCUT2D eigenvalue weighted by molar-refractivity contribution is 9.10. The van der Waals surface area contributed by atoms with Crippen molar-refractivity contribution in [1.29, 1.82) is 0 Å². The van der Waals surface area contributed by atoms with Gasteiger partial charge in [-0.25, -0.2) is 0 Å². The molecule has 18 heavy (non-hydrogen) atoms. The normalized spacial score (nSPS) is 23.2. The Morgan fingerprint density at radius 2 is 2.11 bits per heavy atom. The van der Waals surface area contributed by atoms with Gasteiger partial charge in [0.15, 0.2) is 0 Å². The third kappa shape index (κ3) is 2.49. The van der Waals surface area contributed by atoms with Crippen LogP contribution in [-0.2, 0) is 5.75 Å². The van der Waals surface area contributed by atoms with Crippen LogP contribution in [0.1, 0.15) is 30.6 Å². The number of methoxy groups -OCH3 is 2. The number of halogens is 1. The van der Waals surface area contributed by atoms with E-state index in [1.165, 1.54) is 0 Å². The first-order chi connectivity index (χ1) is 8.58. The third-order valence-electron chi connectivity index (χ3n) is 3.17. The van der Waals surface area contributed by atoms with Crippen molar-refractivity contribution in [3.05, 3.63) is 21.7 Å². The van der Waals surface area contributed by atoms with Crippen molar-refractivity contribution < 1.29 is 14.6 Å². The topological polar surface area (TPSA) is 38.7 Å². The van der Waals surface area contributed by atoms with Gasteiger partial charge in [0.25, 0.3) is 0 Å². The van der Waals surface area contributed by atoms with Crippen molar-refractivity contribution in [2.24, 2.45) is 0 Å². The number of hydrogen-bond donors (Lipinski definition) is 1. The lowest BCUT2D eigenvalue weighted by Crippen LogP contribution is -2.07. The Bertz CT molecular complexity index is 450. The van der Waals surface area contributed by atoms with E-state index in [-0.39, 0.29) is 0 Å². The highest BCUT2D eigenvalue weighted by Gasteiger charge is 2.28. The van der Waals surface area contributed by atoms with Crippen LogP contribution < -0.4 is 9.47 Å². The van der Waals surface area contributed by atoms with Crippen LogP contribution in [0.25, 0.3) is 0 Å². The van der Waals surface area contributed by atoms with Gasteiger partial charge in [0.2, 0.25) is 0 Å². The highest BCUT2D eigenvalue weighted by Crippen LogP contribution is 2.46. The Labute approximate surface area is 120 Å². The lowest BCUT2D eigenvalue weighted by atomic mass is 9.98. The third-order valence-corrected chi connectivity index (χ3v) is 4.97. The second-order valence-electron chi connectivity index (χ2n) is 4.36. The standard InChI is InChI=1S/C13H17BrO3S/c1-7-4-10(15)12-8(6-18-7)11(16-2)5-9(14)13(12)17-3/h5,7,10,15H,4,6H2,1-3H3. The Hall–Kier alpha value is -0.390. The van der Waals surface area contributed by atoms with Crippen LogP contribution in [0.15, 0.2) is 10.5 Å². The van der Waals surface area contributed by atoms with Gasteiger partial charge in [-0.15, -0.1) is 0 Å². The van der Waals surface area contributed by atoms with E-state index in [2.05, 4.69) is 22.9 Å².